The minimum atomic E-state index is -0.198. The molecule has 0 atom stereocenters. The first-order valence-electron chi connectivity index (χ1n) is 6.01. The Morgan fingerprint density at radius 1 is 1.42 bits per heavy atom. The van der Waals surface area contributed by atoms with Crippen LogP contribution < -0.4 is 5.73 Å². The van der Waals surface area contributed by atoms with E-state index in [0.29, 0.717) is 11.1 Å². The Bertz CT molecular complexity index is 472. The third-order valence-corrected chi connectivity index (χ3v) is 2.74. The van der Waals surface area contributed by atoms with Gasteiger partial charge in [-0.3, -0.25) is 4.79 Å². The van der Waals surface area contributed by atoms with Crippen molar-refractivity contribution in [3.63, 3.8) is 0 Å². The van der Waals surface area contributed by atoms with Crippen molar-refractivity contribution in [1.82, 2.24) is 4.90 Å². The van der Waals surface area contributed by atoms with Gasteiger partial charge in [0.2, 0.25) is 0 Å². The molecule has 1 amide bonds. The first-order chi connectivity index (χ1) is 9.01. The summed E-state index contributed by atoms with van der Waals surface area (Å²) in [4.78, 5) is 13.9. The summed E-state index contributed by atoms with van der Waals surface area (Å²) in [7, 11) is 0. The minimum Gasteiger partial charge on any atom is -0.409 e. The van der Waals surface area contributed by atoms with Crippen LogP contribution >= 0.6 is 0 Å². The van der Waals surface area contributed by atoms with Crippen molar-refractivity contribution in [2.24, 2.45) is 10.9 Å². The maximum atomic E-state index is 12.3. The zero-order valence-electron chi connectivity index (χ0n) is 11.1. The van der Waals surface area contributed by atoms with Gasteiger partial charge in [-0.05, 0) is 26.0 Å². The van der Waals surface area contributed by atoms with Gasteiger partial charge < -0.3 is 20.9 Å². The zero-order valence-corrected chi connectivity index (χ0v) is 11.1. The van der Waals surface area contributed by atoms with Gasteiger partial charge >= 0.3 is 0 Å². The molecule has 0 aliphatic heterocycles. The van der Waals surface area contributed by atoms with Crippen molar-refractivity contribution in [2.45, 2.75) is 19.9 Å². The second-order valence-corrected chi connectivity index (χ2v) is 4.38. The fourth-order valence-corrected chi connectivity index (χ4v) is 1.74. The summed E-state index contributed by atoms with van der Waals surface area (Å²) in [5.74, 6) is -0.246. The van der Waals surface area contributed by atoms with Crippen LogP contribution in [0.25, 0.3) is 0 Å². The fraction of sp³-hybridized carbons (Fsp3) is 0.385. The molecule has 0 saturated heterocycles. The Balaban J connectivity index is 3.05. The first kappa shape index (κ1) is 15.0. The van der Waals surface area contributed by atoms with E-state index < -0.39 is 0 Å². The molecule has 0 heterocycles. The van der Waals surface area contributed by atoms with Crippen LogP contribution in [0, 0.1) is 0 Å². The summed E-state index contributed by atoms with van der Waals surface area (Å²) in [6.07, 6.45) is 0. The van der Waals surface area contributed by atoms with Crippen LogP contribution in [0.15, 0.2) is 29.4 Å². The van der Waals surface area contributed by atoms with Crippen molar-refractivity contribution >= 4 is 11.7 Å². The van der Waals surface area contributed by atoms with Gasteiger partial charge in [0.15, 0.2) is 5.84 Å². The number of benzene rings is 1. The minimum absolute atomic E-state index is 0.0211. The summed E-state index contributed by atoms with van der Waals surface area (Å²) < 4.78 is 0. The number of aliphatic hydroxyl groups excluding tert-OH is 1. The molecule has 0 fully saturated rings. The predicted octanol–water partition coefficient (Wildman–Crippen LogP) is 0.624. The average molecular weight is 265 g/mol. The Labute approximate surface area is 112 Å². The largest absolute Gasteiger partial charge is 0.409 e. The summed E-state index contributed by atoms with van der Waals surface area (Å²) in [6.45, 7) is 3.93. The lowest BCUT2D eigenvalue weighted by Gasteiger charge is -2.26. The molecule has 0 bridgehead atoms. The highest BCUT2D eigenvalue weighted by molar-refractivity contribution is 6.01. The van der Waals surface area contributed by atoms with E-state index in [9.17, 15) is 4.79 Å². The first-order valence-corrected chi connectivity index (χ1v) is 6.01. The summed E-state index contributed by atoms with van der Waals surface area (Å²) in [5, 5.41) is 20.5. The number of nitrogens with zero attached hydrogens (tertiary/aromatic N) is 2. The van der Waals surface area contributed by atoms with Crippen molar-refractivity contribution < 1.29 is 15.1 Å². The third-order valence-electron chi connectivity index (χ3n) is 2.74. The molecular weight excluding hydrogens is 246 g/mol. The maximum Gasteiger partial charge on any atom is 0.254 e. The average Bonchev–Trinajstić information content (AvgIpc) is 2.43. The molecule has 104 valence electrons. The molecule has 1 rings (SSSR count). The summed E-state index contributed by atoms with van der Waals surface area (Å²) in [6, 6.07) is 6.51. The van der Waals surface area contributed by atoms with E-state index in [1.807, 2.05) is 13.8 Å². The second-order valence-electron chi connectivity index (χ2n) is 4.38. The monoisotopic (exact) mass is 265 g/mol. The van der Waals surface area contributed by atoms with Crippen LogP contribution in [0.4, 0.5) is 0 Å². The highest BCUT2D eigenvalue weighted by Gasteiger charge is 2.18. The van der Waals surface area contributed by atoms with E-state index in [0.717, 1.165) is 0 Å². The van der Waals surface area contributed by atoms with E-state index >= 15 is 0 Å². The van der Waals surface area contributed by atoms with Crippen molar-refractivity contribution in [3.8, 4) is 0 Å². The quantitative estimate of drug-likeness (QED) is 0.314. The van der Waals surface area contributed by atoms with Crippen LogP contribution in [0.1, 0.15) is 29.8 Å². The van der Waals surface area contributed by atoms with Gasteiger partial charge in [0.25, 0.3) is 5.91 Å². The molecule has 0 saturated carbocycles. The molecule has 0 aromatic heterocycles. The smallest absolute Gasteiger partial charge is 0.254 e. The van der Waals surface area contributed by atoms with Gasteiger partial charge in [0.05, 0.1) is 6.61 Å². The van der Waals surface area contributed by atoms with Gasteiger partial charge in [0, 0.05) is 23.7 Å². The fourth-order valence-electron chi connectivity index (χ4n) is 1.74. The van der Waals surface area contributed by atoms with Crippen LogP contribution in [-0.2, 0) is 0 Å². The zero-order chi connectivity index (χ0) is 14.4. The number of hydrogen-bond acceptors (Lipinski definition) is 4. The number of carbonyl (C=O) groups excluding carboxylic acids is 1. The summed E-state index contributed by atoms with van der Waals surface area (Å²) in [5.41, 5.74) is 6.40. The second kappa shape index (κ2) is 6.75. The number of carbonyl (C=O) groups is 1. The van der Waals surface area contributed by atoms with Crippen LogP contribution in [0.3, 0.4) is 0 Å². The molecule has 0 spiro atoms. The number of amides is 1. The van der Waals surface area contributed by atoms with E-state index in [4.69, 9.17) is 16.0 Å². The molecule has 6 heteroatoms. The van der Waals surface area contributed by atoms with Crippen molar-refractivity contribution in [3.05, 3.63) is 35.4 Å². The lowest BCUT2D eigenvalue weighted by molar-refractivity contribution is 0.0665. The molecule has 0 aliphatic rings. The normalized spacial score (nSPS) is 11.7. The highest BCUT2D eigenvalue weighted by Crippen LogP contribution is 2.11. The Morgan fingerprint density at radius 2 is 2.05 bits per heavy atom. The topological polar surface area (TPSA) is 99.2 Å². The number of rotatable bonds is 5. The molecular formula is C13H19N3O3. The number of aliphatic hydroxyl groups is 1. The van der Waals surface area contributed by atoms with E-state index in [2.05, 4.69) is 5.16 Å². The molecule has 1 aromatic rings. The Hall–Kier alpha value is -2.08. The SMILES string of the molecule is CC(C)N(CCO)C(=O)c1cccc(C(N)=NO)c1. The number of amidine groups is 1. The highest BCUT2D eigenvalue weighted by atomic mass is 16.4. The van der Waals surface area contributed by atoms with Gasteiger partial charge in [-0.1, -0.05) is 17.3 Å². The van der Waals surface area contributed by atoms with Gasteiger partial charge in [-0.25, -0.2) is 0 Å². The third kappa shape index (κ3) is 3.69. The lowest BCUT2D eigenvalue weighted by atomic mass is 10.1. The van der Waals surface area contributed by atoms with Crippen molar-refractivity contribution in [1.29, 1.82) is 0 Å². The maximum absolute atomic E-state index is 12.3. The van der Waals surface area contributed by atoms with Crippen LogP contribution in [0.5, 0.6) is 0 Å². The van der Waals surface area contributed by atoms with E-state index in [-0.39, 0.29) is 30.9 Å². The van der Waals surface area contributed by atoms with Crippen LogP contribution in [-0.4, -0.2) is 46.1 Å². The van der Waals surface area contributed by atoms with Crippen molar-refractivity contribution in [2.75, 3.05) is 13.2 Å². The molecule has 0 aliphatic carbocycles. The Kier molecular flexibility index (Phi) is 5.32. The molecule has 6 nitrogen and oxygen atoms in total. The molecule has 19 heavy (non-hydrogen) atoms. The van der Waals surface area contributed by atoms with Gasteiger partial charge in [0.1, 0.15) is 0 Å². The number of oxime groups is 1. The predicted molar refractivity (Wildman–Crippen MR) is 72.2 cm³/mol. The number of nitrogens with two attached hydrogens (primary N) is 1. The molecule has 4 N–H and O–H groups in total. The van der Waals surface area contributed by atoms with Gasteiger partial charge in [-0.15, -0.1) is 0 Å². The molecule has 1 aromatic carbocycles. The molecule has 0 radical (unpaired) electrons. The standard InChI is InChI=1S/C13H19N3O3/c1-9(2)16(6-7-17)13(18)11-5-3-4-10(8-11)12(14)15-19/h3-5,8-9,17,19H,6-7H2,1-2H3,(H2,14,15). The summed E-state index contributed by atoms with van der Waals surface area (Å²) >= 11 is 0. The van der Waals surface area contributed by atoms with E-state index in [1.165, 1.54) is 0 Å². The Morgan fingerprint density at radius 3 is 2.58 bits per heavy atom. The number of hydrogen-bond donors (Lipinski definition) is 3. The lowest BCUT2D eigenvalue weighted by Crippen LogP contribution is -2.39. The van der Waals surface area contributed by atoms with Crippen LogP contribution in [0.2, 0.25) is 0 Å². The van der Waals surface area contributed by atoms with E-state index in [1.54, 1.807) is 29.2 Å². The molecule has 0 unspecified atom stereocenters. The van der Waals surface area contributed by atoms with Gasteiger partial charge in [-0.2, -0.15) is 0 Å².